The van der Waals surface area contributed by atoms with Crippen molar-refractivity contribution in [3.05, 3.63) is 46.5 Å². The summed E-state index contributed by atoms with van der Waals surface area (Å²) in [4.78, 5) is 0. The maximum Gasteiger partial charge on any atom is 0.121 e. The van der Waals surface area contributed by atoms with Gasteiger partial charge in [-0.3, -0.25) is 0 Å². The Bertz CT molecular complexity index is 509. The summed E-state index contributed by atoms with van der Waals surface area (Å²) in [6, 6.07) is 6.25. The van der Waals surface area contributed by atoms with Crippen molar-refractivity contribution in [1.29, 1.82) is 0 Å². The van der Waals surface area contributed by atoms with Gasteiger partial charge in [-0.15, -0.1) is 0 Å². The Morgan fingerprint density at radius 2 is 2.16 bits per heavy atom. The molecule has 2 rings (SSSR count). The molecule has 3 N–H and O–H groups in total. The van der Waals surface area contributed by atoms with Gasteiger partial charge in [-0.25, -0.2) is 0 Å². The summed E-state index contributed by atoms with van der Waals surface area (Å²) in [5.41, 5.74) is 3.19. The number of halogens is 1. The van der Waals surface area contributed by atoms with E-state index in [0.29, 0.717) is 6.04 Å². The van der Waals surface area contributed by atoms with E-state index < -0.39 is 6.23 Å². The molecule has 4 heteroatoms. The van der Waals surface area contributed by atoms with Crippen LogP contribution in [0.4, 0.5) is 11.4 Å². The highest BCUT2D eigenvalue weighted by molar-refractivity contribution is 9.10. The predicted molar refractivity (Wildman–Crippen MR) is 84.4 cm³/mol. The Morgan fingerprint density at radius 1 is 1.37 bits per heavy atom. The highest BCUT2D eigenvalue weighted by Crippen LogP contribution is 2.28. The zero-order valence-electron chi connectivity index (χ0n) is 11.2. The molecule has 3 nitrogen and oxygen atoms in total. The number of rotatable bonds is 4. The minimum absolute atomic E-state index is 0.291. The van der Waals surface area contributed by atoms with Crippen molar-refractivity contribution >= 4 is 27.3 Å². The van der Waals surface area contributed by atoms with E-state index in [1.807, 2.05) is 18.2 Å². The van der Waals surface area contributed by atoms with Crippen LogP contribution in [0.15, 0.2) is 46.5 Å². The first-order valence-corrected chi connectivity index (χ1v) is 7.19. The van der Waals surface area contributed by atoms with Crippen LogP contribution >= 0.6 is 15.9 Å². The average molecular weight is 323 g/mol. The van der Waals surface area contributed by atoms with E-state index in [4.69, 9.17) is 0 Å². The number of nitrogens with one attached hydrogen (secondary N) is 2. The zero-order valence-corrected chi connectivity index (χ0v) is 12.7. The van der Waals surface area contributed by atoms with E-state index in [9.17, 15) is 5.11 Å². The summed E-state index contributed by atoms with van der Waals surface area (Å²) in [5.74, 6) is 0. The molecule has 1 aliphatic carbocycles. The number of hydrogen-bond donors (Lipinski definition) is 3. The number of hydrogen-bond acceptors (Lipinski definition) is 3. The molecule has 0 saturated carbocycles. The van der Waals surface area contributed by atoms with E-state index in [0.717, 1.165) is 22.3 Å². The first kappa shape index (κ1) is 14.2. The molecule has 0 saturated heterocycles. The summed E-state index contributed by atoms with van der Waals surface area (Å²) < 4.78 is 0.983. The number of anilines is 2. The summed E-state index contributed by atoms with van der Waals surface area (Å²) in [7, 11) is 0. The Kier molecular flexibility index (Phi) is 4.66. The van der Waals surface area contributed by atoms with Gasteiger partial charge in [0.05, 0.1) is 11.4 Å². The molecule has 0 heterocycles. The van der Waals surface area contributed by atoms with Crippen molar-refractivity contribution in [3.63, 3.8) is 0 Å². The highest BCUT2D eigenvalue weighted by atomic mass is 79.9. The maximum absolute atomic E-state index is 9.48. The van der Waals surface area contributed by atoms with Crippen LogP contribution in [0.2, 0.25) is 0 Å². The maximum atomic E-state index is 9.48. The van der Waals surface area contributed by atoms with Crippen molar-refractivity contribution in [2.24, 2.45) is 0 Å². The van der Waals surface area contributed by atoms with Gasteiger partial charge in [-0.05, 0) is 38.5 Å². The zero-order chi connectivity index (χ0) is 13.8. The second-order valence-corrected chi connectivity index (χ2v) is 5.72. The smallest absolute Gasteiger partial charge is 0.121 e. The molecule has 2 unspecified atom stereocenters. The lowest BCUT2D eigenvalue weighted by atomic mass is 10.0. The van der Waals surface area contributed by atoms with Crippen LogP contribution in [-0.4, -0.2) is 17.4 Å². The second-order valence-electron chi connectivity index (χ2n) is 4.80. The van der Waals surface area contributed by atoms with Crippen LogP contribution in [-0.2, 0) is 0 Å². The second kappa shape index (κ2) is 6.26. The first-order valence-electron chi connectivity index (χ1n) is 6.40. The quantitative estimate of drug-likeness (QED) is 0.737. The normalized spacial score (nSPS) is 19.8. The molecule has 0 aromatic heterocycles. The lowest BCUT2D eigenvalue weighted by Crippen LogP contribution is -2.20. The van der Waals surface area contributed by atoms with Gasteiger partial charge in [0.25, 0.3) is 0 Å². The molecule has 1 aliphatic rings. The molecular weight excluding hydrogens is 304 g/mol. The molecule has 2 atom stereocenters. The van der Waals surface area contributed by atoms with Crippen LogP contribution in [0.3, 0.4) is 0 Å². The number of allylic oxidation sites excluding steroid dienone is 2. The largest absolute Gasteiger partial charge is 0.377 e. The summed E-state index contributed by atoms with van der Waals surface area (Å²) in [5, 5.41) is 16.0. The molecular formula is C15H19BrN2O. The van der Waals surface area contributed by atoms with Crippen molar-refractivity contribution < 1.29 is 5.11 Å². The van der Waals surface area contributed by atoms with Gasteiger partial charge in [-0.1, -0.05) is 39.7 Å². The van der Waals surface area contributed by atoms with Crippen molar-refractivity contribution in [1.82, 2.24) is 0 Å². The molecule has 0 fully saturated rings. The standard InChI is InChI=1S/C15H19BrN2O/c1-10-3-6-13(7-4-10)18-14-8-5-12(16)9-15(14)17-11(2)19/h3-6,8-9,11,13,17-19H,7H2,1-2H3. The van der Waals surface area contributed by atoms with Gasteiger partial charge < -0.3 is 15.7 Å². The van der Waals surface area contributed by atoms with Gasteiger partial charge >= 0.3 is 0 Å². The van der Waals surface area contributed by atoms with Crippen LogP contribution in [0.25, 0.3) is 0 Å². The molecule has 0 amide bonds. The third kappa shape index (κ3) is 4.11. The fourth-order valence-corrected chi connectivity index (χ4v) is 2.38. The third-order valence-corrected chi connectivity index (χ3v) is 3.47. The van der Waals surface area contributed by atoms with Gasteiger partial charge in [-0.2, -0.15) is 0 Å². The van der Waals surface area contributed by atoms with E-state index in [2.05, 4.69) is 51.7 Å². The SMILES string of the molecule is CC1=CCC(Nc2ccc(Br)cc2NC(C)O)C=C1. The summed E-state index contributed by atoms with van der Waals surface area (Å²) in [6.07, 6.45) is 6.91. The molecule has 1 aromatic carbocycles. The summed E-state index contributed by atoms with van der Waals surface area (Å²) in [6.45, 7) is 3.81. The van der Waals surface area contributed by atoms with Gasteiger partial charge in [0.1, 0.15) is 6.23 Å². The minimum atomic E-state index is -0.584. The first-order chi connectivity index (χ1) is 9.04. The number of aliphatic hydroxyl groups is 1. The molecule has 1 aromatic rings. The number of aliphatic hydroxyl groups excluding tert-OH is 1. The third-order valence-electron chi connectivity index (χ3n) is 2.97. The average Bonchev–Trinajstić information content (AvgIpc) is 2.34. The molecule has 19 heavy (non-hydrogen) atoms. The Morgan fingerprint density at radius 3 is 2.79 bits per heavy atom. The van der Waals surface area contributed by atoms with E-state index in [1.54, 1.807) is 6.92 Å². The van der Waals surface area contributed by atoms with Gasteiger partial charge in [0.2, 0.25) is 0 Å². The molecule has 0 spiro atoms. The lowest BCUT2D eigenvalue weighted by molar-refractivity contribution is 0.224. The van der Waals surface area contributed by atoms with E-state index >= 15 is 0 Å². The predicted octanol–water partition coefficient (Wildman–Crippen LogP) is 3.89. The lowest BCUT2D eigenvalue weighted by Gasteiger charge is -2.21. The van der Waals surface area contributed by atoms with Crippen LogP contribution in [0.5, 0.6) is 0 Å². The van der Waals surface area contributed by atoms with Crippen LogP contribution in [0, 0.1) is 0 Å². The van der Waals surface area contributed by atoms with Crippen LogP contribution in [0.1, 0.15) is 20.3 Å². The Hall–Kier alpha value is -1.26. The van der Waals surface area contributed by atoms with E-state index in [1.165, 1.54) is 5.57 Å². The highest BCUT2D eigenvalue weighted by Gasteiger charge is 2.11. The minimum Gasteiger partial charge on any atom is -0.377 e. The van der Waals surface area contributed by atoms with E-state index in [-0.39, 0.29) is 0 Å². The number of benzene rings is 1. The van der Waals surface area contributed by atoms with Crippen molar-refractivity contribution in [2.45, 2.75) is 32.5 Å². The Balaban J connectivity index is 2.13. The molecule has 0 bridgehead atoms. The van der Waals surface area contributed by atoms with Crippen LogP contribution < -0.4 is 10.6 Å². The summed E-state index contributed by atoms with van der Waals surface area (Å²) >= 11 is 3.45. The molecule has 0 radical (unpaired) electrons. The monoisotopic (exact) mass is 322 g/mol. The molecule has 0 aliphatic heterocycles. The van der Waals surface area contributed by atoms with Crippen molar-refractivity contribution in [2.75, 3.05) is 10.6 Å². The van der Waals surface area contributed by atoms with Gasteiger partial charge in [0, 0.05) is 10.5 Å². The Labute approximate surface area is 122 Å². The fraction of sp³-hybridized carbons (Fsp3) is 0.333. The van der Waals surface area contributed by atoms with Gasteiger partial charge in [0.15, 0.2) is 0 Å². The topological polar surface area (TPSA) is 44.3 Å². The van der Waals surface area contributed by atoms with Crippen molar-refractivity contribution in [3.8, 4) is 0 Å². The molecule has 102 valence electrons. The fourth-order valence-electron chi connectivity index (χ4n) is 2.02.